The summed E-state index contributed by atoms with van der Waals surface area (Å²) in [6.07, 6.45) is 4.05. The van der Waals surface area contributed by atoms with Crippen LogP contribution in [0.5, 0.6) is 0 Å². The molecule has 0 aromatic carbocycles. The molecule has 1 atom stereocenters. The SMILES string of the molecule is CC(C)(C)OC(=O)N1CC(Cn2nc(C(C)(C)C)cc2C(=O)N=c2sc(C(C)(C)C)cn2C[C@H]2CCCO2)C1. The molecule has 2 aromatic heterocycles. The Kier molecular flexibility index (Phi) is 8.21. The molecular weight excluding hydrogens is 514 g/mol. The van der Waals surface area contributed by atoms with E-state index in [1.54, 1.807) is 20.9 Å². The van der Waals surface area contributed by atoms with Gasteiger partial charge in [-0.2, -0.15) is 10.1 Å². The van der Waals surface area contributed by atoms with Crippen LogP contribution >= 0.6 is 11.3 Å². The van der Waals surface area contributed by atoms with Gasteiger partial charge in [0.1, 0.15) is 11.3 Å². The van der Waals surface area contributed by atoms with Crippen LogP contribution in [0.2, 0.25) is 0 Å². The number of aromatic nitrogens is 3. The predicted octanol–water partition coefficient (Wildman–Crippen LogP) is 5.13. The van der Waals surface area contributed by atoms with Crippen LogP contribution < -0.4 is 4.80 Å². The van der Waals surface area contributed by atoms with Crippen LogP contribution in [0.4, 0.5) is 4.79 Å². The molecule has 0 unspecified atom stereocenters. The molecule has 10 heteroatoms. The van der Waals surface area contributed by atoms with Crippen molar-refractivity contribution in [3.8, 4) is 0 Å². The Hall–Kier alpha value is -2.46. The van der Waals surface area contributed by atoms with Gasteiger partial charge >= 0.3 is 6.09 Å². The number of hydrogen-bond donors (Lipinski definition) is 0. The average Bonchev–Trinajstić information content (AvgIpc) is 3.49. The predicted molar refractivity (Wildman–Crippen MR) is 152 cm³/mol. The summed E-state index contributed by atoms with van der Waals surface area (Å²) in [4.78, 5) is 34.3. The van der Waals surface area contributed by atoms with Crippen molar-refractivity contribution in [1.29, 1.82) is 0 Å². The van der Waals surface area contributed by atoms with E-state index in [2.05, 4.69) is 57.3 Å². The van der Waals surface area contributed by atoms with Crippen LogP contribution in [0.15, 0.2) is 17.3 Å². The lowest BCUT2D eigenvalue weighted by molar-refractivity contribution is -0.00399. The van der Waals surface area contributed by atoms with Gasteiger partial charge in [-0.25, -0.2) is 4.79 Å². The van der Waals surface area contributed by atoms with Crippen molar-refractivity contribution >= 4 is 23.3 Å². The largest absolute Gasteiger partial charge is 0.444 e. The van der Waals surface area contributed by atoms with E-state index in [4.69, 9.17) is 14.6 Å². The van der Waals surface area contributed by atoms with Crippen molar-refractivity contribution in [2.75, 3.05) is 19.7 Å². The van der Waals surface area contributed by atoms with E-state index in [1.165, 1.54) is 4.88 Å². The van der Waals surface area contributed by atoms with Crippen molar-refractivity contribution in [1.82, 2.24) is 19.2 Å². The van der Waals surface area contributed by atoms with Crippen LogP contribution in [-0.2, 0) is 33.4 Å². The Labute approximate surface area is 236 Å². The lowest BCUT2D eigenvalue weighted by Crippen LogP contribution is -2.53. The summed E-state index contributed by atoms with van der Waals surface area (Å²) < 4.78 is 15.2. The van der Waals surface area contributed by atoms with Crippen LogP contribution in [0, 0.1) is 5.92 Å². The molecule has 39 heavy (non-hydrogen) atoms. The molecule has 2 amide bonds. The number of thiazole rings is 1. The highest BCUT2D eigenvalue weighted by Gasteiger charge is 2.35. The molecule has 2 aromatic rings. The van der Waals surface area contributed by atoms with Gasteiger partial charge in [0.2, 0.25) is 0 Å². The fourth-order valence-electron chi connectivity index (χ4n) is 4.60. The summed E-state index contributed by atoms with van der Waals surface area (Å²) in [5, 5.41) is 4.82. The van der Waals surface area contributed by atoms with E-state index in [-0.39, 0.29) is 34.9 Å². The maximum atomic E-state index is 13.7. The third-order valence-corrected chi connectivity index (χ3v) is 8.33. The molecule has 9 nitrogen and oxygen atoms in total. The van der Waals surface area contributed by atoms with E-state index in [0.29, 0.717) is 36.7 Å². The van der Waals surface area contributed by atoms with Crippen molar-refractivity contribution < 1.29 is 19.1 Å². The number of carbonyl (C=O) groups is 2. The number of amides is 2. The molecule has 4 heterocycles. The van der Waals surface area contributed by atoms with Gasteiger partial charge in [-0.05, 0) is 45.1 Å². The van der Waals surface area contributed by atoms with Gasteiger partial charge in [0, 0.05) is 48.6 Å². The molecule has 0 N–H and O–H groups in total. The molecule has 216 valence electrons. The number of nitrogens with zero attached hydrogens (tertiary/aromatic N) is 5. The lowest BCUT2D eigenvalue weighted by atomic mass is 9.92. The summed E-state index contributed by atoms with van der Waals surface area (Å²) >= 11 is 1.56. The number of ether oxygens (including phenoxy) is 2. The second kappa shape index (κ2) is 10.8. The van der Waals surface area contributed by atoms with Gasteiger partial charge in [-0.1, -0.05) is 41.5 Å². The van der Waals surface area contributed by atoms with Gasteiger partial charge in [0.15, 0.2) is 4.80 Å². The molecule has 0 spiro atoms. The Balaban J connectivity index is 1.59. The molecule has 0 radical (unpaired) electrons. The molecule has 2 aliphatic heterocycles. The quantitative estimate of drug-likeness (QED) is 0.507. The highest BCUT2D eigenvalue weighted by molar-refractivity contribution is 7.09. The zero-order chi connectivity index (χ0) is 28.8. The smallest absolute Gasteiger partial charge is 0.410 e. The van der Waals surface area contributed by atoms with Crippen LogP contribution in [0.3, 0.4) is 0 Å². The molecule has 2 fully saturated rings. The summed E-state index contributed by atoms with van der Waals surface area (Å²) in [5.41, 5.74) is 0.529. The fraction of sp³-hybridized carbons (Fsp3) is 0.724. The van der Waals surface area contributed by atoms with Crippen LogP contribution in [-0.4, -0.2) is 62.6 Å². The highest BCUT2D eigenvalue weighted by Crippen LogP contribution is 2.27. The third kappa shape index (κ3) is 7.39. The molecule has 2 aliphatic rings. The minimum absolute atomic E-state index is 0.0504. The molecule has 4 rings (SSSR count). The number of rotatable bonds is 5. The molecular formula is C29H45N5O4S. The fourth-order valence-corrected chi connectivity index (χ4v) is 5.65. The number of hydrogen-bond acceptors (Lipinski definition) is 6. The minimum Gasteiger partial charge on any atom is -0.444 e. The maximum Gasteiger partial charge on any atom is 0.410 e. The second-order valence-electron chi connectivity index (χ2n) is 13.9. The number of carbonyl (C=O) groups excluding carboxylic acids is 2. The third-order valence-electron chi connectivity index (χ3n) is 6.89. The second-order valence-corrected chi connectivity index (χ2v) is 14.9. The first-order chi connectivity index (χ1) is 18.0. The Morgan fingerprint density at radius 3 is 2.33 bits per heavy atom. The lowest BCUT2D eigenvalue weighted by Gasteiger charge is -2.39. The Morgan fingerprint density at radius 2 is 1.77 bits per heavy atom. The van der Waals surface area contributed by atoms with E-state index in [9.17, 15) is 9.59 Å². The molecule has 0 aliphatic carbocycles. The minimum atomic E-state index is -0.526. The van der Waals surface area contributed by atoms with E-state index in [1.807, 2.05) is 26.8 Å². The zero-order valence-electron chi connectivity index (χ0n) is 25.0. The average molecular weight is 560 g/mol. The zero-order valence-corrected chi connectivity index (χ0v) is 25.9. The van der Waals surface area contributed by atoms with E-state index in [0.717, 1.165) is 25.1 Å². The van der Waals surface area contributed by atoms with Crippen LogP contribution in [0.25, 0.3) is 0 Å². The monoisotopic (exact) mass is 559 g/mol. The first-order valence-corrected chi connectivity index (χ1v) is 14.8. The maximum absolute atomic E-state index is 13.7. The Morgan fingerprint density at radius 1 is 1.08 bits per heavy atom. The van der Waals surface area contributed by atoms with Gasteiger partial charge in [-0.15, -0.1) is 11.3 Å². The van der Waals surface area contributed by atoms with Crippen LogP contribution in [0.1, 0.15) is 96.2 Å². The van der Waals surface area contributed by atoms with E-state index < -0.39 is 5.60 Å². The van der Waals surface area contributed by atoms with Crippen molar-refractivity contribution in [2.45, 2.75) is 111 Å². The summed E-state index contributed by atoms with van der Waals surface area (Å²) in [6.45, 7) is 21.5. The van der Waals surface area contributed by atoms with Gasteiger partial charge in [0.25, 0.3) is 5.91 Å². The topological polar surface area (TPSA) is 91.0 Å². The van der Waals surface area contributed by atoms with Crippen molar-refractivity contribution in [2.24, 2.45) is 10.9 Å². The molecule has 2 saturated heterocycles. The Bertz CT molecular complexity index is 1260. The summed E-state index contributed by atoms with van der Waals surface area (Å²) in [7, 11) is 0. The van der Waals surface area contributed by atoms with Gasteiger partial charge < -0.3 is 18.9 Å². The van der Waals surface area contributed by atoms with Gasteiger partial charge in [0.05, 0.1) is 18.3 Å². The number of likely N-dealkylation sites (tertiary alicyclic amines) is 1. The highest BCUT2D eigenvalue weighted by atomic mass is 32.1. The normalized spacial score (nSPS) is 19.5. The van der Waals surface area contributed by atoms with E-state index >= 15 is 0 Å². The van der Waals surface area contributed by atoms with Crippen molar-refractivity contribution in [3.63, 3.8) is 0 Å². The summed E-state index contributed by atoms with van der Waals surface area (Å²) in [6, 6.07) is 1.87. The van der Waals surface area contributed by atoms with Crippen molar-refractivity contribution in [3.05, 3.63) is 33.3 Å². The van der Waals surface area contributed by atoms with Gasteiger partial charge in [-0.3, -0.25) is 9.48 Å². The first-order valence-electron chi connectivity index (χ1n) is 14.0. The molecule has 0 bridgehead atoms. The molecule has 0 saturated carbocycles. The first kappa shape index (κ1) is 29.5. The summed E-state index contributed by atoms with van der Waals surface area (Å²) in [5.74, 6) is -0.111. The standard InChI is InChI=1S/C29H45N5O4S/c1-27(2,3)22-13-21(34(31-22)16-19-14-33(15-19)26(36)38-29(7,8)9)24(35)30-25-32(17-20-11-10-12-37-20)18-23(39-25)28(4,5)6/h13,18-20H,10-12,14-17H2,1-9H3/t20-/m1/s1.